The van der Waals surface area contributed by atoms with Crippen LogP contribution in [-0.2, 0) is 4.79 Å². The van der Waals surface area contributed by atoms with Crippen LogP contribution in [0.2, 0.25) is 0 Å². The van der Waals surface area contributed by atoms with Crippen LogP contribution in [0.3, 0.4) is 0 Å². The molecule has 2 heteroatoms. The van der Waals surface area contributed by atoms with Crippen LogP contribution < -0.4 is 5.11 Å². The number of hydrogen-bond acceptors (Lipinski definition) is 2. The van der Waals surface area contributed by atoms with Crippen LogP contribution >= 0.6 is 0 Å². The Morgan fingerprint density at radius 3 is 1.78 bits per heavy atom. The third-order valence-electron chi connectivity index (χ3n) is 1.65. The number of hydrogen-bond donors (Lipinski definition) is 0. The summed E-state index contributed by atoms with van der Waals surface area (Å²) < 4.78 is 0. The predicted molar refractivity (Wildman–Crippen MR) is 33.6 cm³/mol. The third kappa shape index (κ3) is 2.49. The molecule has 54 valence electrons. The molecule has 0 saturated heterocycles. The van der Waals surface area contributed by atoms with Gasteiger partial charge in [0.25, 0.3) is 0 Å². The lowest BCUT2D eigenvalue weighted by atomic mass is 9.82. The van der Waals surface area contributed by atoms with Gasteiger partial charge in [-0.1, -0.05) is 27.7 Å². The number of rotatable bonds is 1. The molecule has 0 heterocycles. The summed E-state index contributed by atoms with van der Waals surface area (Å²) in [6, 6.07) is 0. The van der Waals surface area contributed by atoms with E-state index in [1.54, 1.807) is 6.92 Å². The number of aliphatic carboxylic acids is 1. The molecule has 0 N–H and O–H groups in total. The minimum Gasteiger partial charge on any atom is -0.550 e. The average Bonchev–Trinajstić information content (AvgIpc) is 1.62. The lowest BCUT2D eigenvalue weighted by molar-refractivity contribution is -0.314. The van der Waals surface area contributed by atoms with E-state index in [1.807, 2.05) is 20.8 Å². The van der Waals surface area contributed by atoms with E-state index in [9.17, 15) is 9.90 Å². The molecule has 2 nitrogen and oxygen atoms in total. The molecule has 0 rings (SSSR count). The predicted octanol–water partition coefficient (Wildman–Crippen LogP) is 0.418. The van der Waals surface area contributed by atoms with Gasteiger partial charge < -0.3 is 9.90 Å². The van der Waals surface area contributed by atoms with Crippen molar-refractivity contribution in [3.63, 3.8) is 0 Å². The van der Waals surface area contributed by atoms with E-state index in [0.29, 0.717) is 0 Å². The zero-order chi connectivity index (χ0) is 7.65. The second-order valence-electron chi connectivity index (χ2n) is 3.41. The number of carboxylic acid groups (broad SMARTS) is 1. The van der Waals surface area contributed by atoms with E-state index in [-0.39, 0.29) is 11.3 Å². The Morgan fingerprint density at radius 2 is 1.78 bits per heavy atom. The summed E-state index contributed by atoms with van der Waals surface area (Å²) in [4.78, 5) is 10.2. The summed E-state index contributed by atoms with van der Waals surface area (Å²) in [7, 11) is 0. The van der Waals surface area contributed by atoms with Gasteiger partial charge in [-0.3, -0.25) is 0 Å². The molecular weight excluding hydrogens is 116 g/mol. The van der Waals surface area contributed by atoms with Gasteiger partial charge in [0.05, 0.1) is 0 Å². The number of carbonyl (C=O) groups excluding carboxylic acids is 1. The molecular formula is C7H13O2-. The maximum atomic E-state index is 10.2. The van der Waals surface area contributed by atoms with Gasteiger partial charge in [-0.25, -0.2) is 0 Å². The van der Waals surface area contributed by atoms with Gasteiger partial charge in [-0.05, 0) is 5.41 Å². The molecule has 0 saturated carbocycles. The number of carbonyl (C=O) groups is 1. The Morgan fingerprint density at radius 1 is 1.44 bits per heavy atom. The third-order valence-corrected chi connectivity index (χ3v) is 1.65. The molecule has 0 aliphatic heterocycles. The molecule has 0 unspecified atom stereocenters. The molecule has 0 amide bonds. The fourth-order valence-corrected chi connectivity index (χ4v) is 0.354. The van der Waals surface area contributed by atoms with Gasteiger partial charge in [0.15, 0.2) is 0 Å². The van der Waals surface area contributed by atoms with Crippen molar-refractivity contribution in [2.24, 2.45) is 11.3 Å². The fourth-order valence-electron chi connectivity index (χ4n) is 0.354. The van der Waals surface area contributed by atoms with E-state index in [4.69, 9.17) is 0 Å². The lowest BCUT2D eigenvalue weighted by Crippen LogP contribution is -2.36. The highest BCUT2D eigenvalue weighted by Gasteiger charge is 2.20. The molecule has 9 heavy (non-hydrogen) atoms. The molecule has 0 aliphatic carbocycles. The number of carboxylic acids is 1. The molecule has 0 radical (unpaired) electrons. The van der Waals surface area contributed by atoms with E-state index < -0.39 is 5.97 Å². The summed E-state index contributed by atoms with van der Waals surface area (Å²) in [5, 5.41) is 10.2. The van der Waals surface area contributed by atoms with Crippen molar-refractivity contribution < 1.29 is 9.90 Å². The Balaban J connectivity index is 4.04. The molecule has 0 bridgehead atoms. The Bertz CT molecular complexity index is 111. The average molecular weight is 129 g/mol. The molecule has 0 aromatic rings. The van der Waals surface area contributed by atoms with Gasteiger partial charge in [0.2, 0.25) is 0 Å². The second kappa shape index (κ2) is 2.38. The van der Waals surface area contributed by atoms with Crippen LogP contribution in [0.4, 0.5) is 0 Å². The molecule has 0 fully saturated rings. The van der Waals surface area contributed by atoms with Crippen molar-refractivity contribution in [3.8, 4) is 0 Å². The van der Waals surface area contributed by atoms with Gasteiger partial charge in [-0.2, -0.15) is 0 Å². The van der Waals surface area contributed by atoms with Gasteiger partial charge >= 0.3 is 0 Å². The largest absolute Gasteiger partial charge is 0.550 e. The Labute approximate surface area is 55.9 Å². The van der Waals surface area contributed by atoms with Crippen molar-refractivity contribution in [1.82, 2.24) is 0 Å². The summed E-state index contributed by atoms with van der Waals surface area (Å²) in [6.07, 6.45) is 0. The van der Waals surface area contributed by atoms with Crippen molar-refractivity contribution in [2.45, 2.75) is 27.7 Å². The first-order valence-electron chi connectivity index (χ1n) is 3.06. The van der Waals surface area contributed by atoms with E-state index in [0.717, 1.165) is 0 Å². The van der Waals surface area contributed by atoms with E-state index in [2.05, 4.69) is 0 Å². The van der Waals surface area contributed by atoms with Crippen LogP contribution in [0.5, 0.6) is 0 Å². The van der Waals surface area contributed by atoms with Crippen LogP contribution in [-0.4, -0.2) is 5.97 Å². The van der Waals surface area contributed by atoms with Crippen LogP contribution in [0.15, 0.2) is 0 Å². The first kappa shape index (κ1) is 8.47. The molecule has 0 aliphatic rings. The fraction of sp³-hybridized carbons (Fsp3) is 0.857. The van der Waals surface area contributed by atoms with Crippen molar-refractivity contribution in [3.05, 3.63) is 0 Å². The molecule has 0 aromatic carbocycles. The van der Waals surface area contributed by atoms with Gasteiger partial charge in [-0.15, -0.1) is 0 Å². The highest BCUT2D eigenvalue weighted by molar-refractivity contribution is 5.67. The Hall–Kier alpha value is -0.530. The first-order chi connectivity index (χ1) is 3.85. The Kier molecular flexibility index (Phi) is 2.24. The highest BCUT2D eigenvalue weighted by atomic mass is 16.4. The summed E-state index contributed by atoms with van der Waals surface area (Å²) >= 11 is 0. The SMILES string of the molecule is C[C@H](C(=O)[O-])C(C)(C)C. The molecule has 0 aromatic heterocycles. The van der Waals surface area contributed by atoms with E-state index >= 15 is 0 Å². The standard InChI is InChI=1S/C7H14O2/c1-5(6(8)9)7(2,3)4/h5H,1-4H3,(H,8,9)/p-1/t5-/m1/s1. The van der Waals surface area contributed by atoms with Crippen molar-refractivity contribution >= 4 is 5.97 Å². The van der Waals surface area contributed by atoms with E-state index in [1.165, 1.54) is 0 Å². The lowest BCUT2D eigenvalue weighted by Gasteiger charge is -2.27. The quantitative estimate of drug-likeness (QED) is 0.514. The maximum Gasteiger partial charge on any atom is 0.0447 e. The van der Waals surface area contributed by atoms with Crippen molar-refractivity contribution in [1.29, 1.82) is 0 Å². The molecule has 1 atom stereocenters. The summed E-state index contributed by atoms with van der Waals surface area (Å²) in [5.74, 6) is -1.35. The first-order valence-corrected chi connectivity index (χ1v) is 3.06. The van der Waals surface area contributed by atoms with Crippen LogP contribution in [0.1, 0.15) is 27.7 Å². The zero-order valence-electron chi connectivity index (χ0n) is 6.39. The van der Waals surface area contributed by atoms with Gasteiger partial charge in [0, 0.05) is 11.9 Å². The van der Waals surface area contributed by atoms with Crippen LogP contribution in [0, 0.1) is 11.3 Å². The van der Waals surface area contributed by atoms with Crippen molar-refractivity contribution in [2.75, 3.05) is 0 Å². The monoisotopic (exact) mass is 129 g/mol. The zero-order valence-corrected chi connectivity index (χ0v) is 6.39. The van der Waals surface area contributed by atoms with Gasteiger partial charge in [0.1, 0.15) is 0 Å². The minimum atomic E-state index is -0.970. The normalized spacial score (nSPS) is 15.1. The smallest absolute Gasteiger partial charge is 0.0447 e. The second-order valence-corrected chi connectivity index (χ2v) is 3.41. The summed E-state index contributed by atoms with van der Waals surface area (Å²) in [5.41, 5.74) is -0.182. The topological polar surface area (TPSA) is 40.1 Å². The van der Waals surface area contributed by atoms with Crippen LogP contribution in [0.25, 0.3) is 0 Å². The minimum absolute atomic E-state index is 0.182. The highest BCUT2D eigenvalue weighted by Crippen LogP contribution is 2.24. The summed E-state index contributed by atoms with van der Waals surface area (Å²) in [6.45, 7) is 7.31. The molecule has 0 spiro atoms. The maximum absolute atomic E-state index is 10.2.